The summed E-state index contributed by atoms with van der Waals surface area (Å²) in [6, 6.07) is 15.2. The first-order valence-corrected chi connectivity index (χ1v) is 12.7. The number of nitrogens with one attached hydrogen (secondary N) is 3. The Morgan fingerprint density at radius 1 is 1.22 bits per heavy atom. The predicted molar refractivity (Wildman–Crippen MR) is 146 cm³/mol. The van der Waals surface area contributed by atoms with Crippen LogP contribution in [-0.4, -0.2) is 39.6 Å². The molecule has 2 aromatic carbocycles. The van der Waals surface area contributed by atoms with Gasteiger partial charge in [0.15, 0.2) is 0 Å². The van der Waals surface area contributed by atoms with Crippen LogP contribution in [0.15, 0.2) is 54.7 Å². The molecule has 1 atom stereocenters. The smallest absolute Gasteiger partial charge is 0.267 e. The molecule has 1 unspecified atom stereocenters. The minimum absolute atomic E-state index is 0.322. The number of methoxy groups -OCH3 is 1. The largest absolute Gasteiger partial charge is 0.497 e. The quantitative estimate of drug-likeness (QED) is 0.142. The maximum atomic E-state index is 11.4. The maximum Gasteiger partial charge on any atom is 0.267 e. The zero-order chi connectivity index (χ0) is 25.9. The van der Waals surface area contributed by atoms with Crippen molar-refractivity contribution in [1.82, 2.24) is 20.3 Å². The number of fused-ring (bicyclic) bond motifs is 2. The highest BCUT2D eigenvalue weighted by Crippen LogP contribution is 2.37. The Bertz CT molecular complexity index is 1430. The summed E-state index contributed by atoms with van der Waals surface area (Å²) >= 11 is 0. The summed E-state index contributed by atoms with van der Waals surface area (Å²) in [7, 11) is 1.69. The molecule has 0 fully saturated rings. The monoisotopic (exact) mass is 498 g/mol. The number of aromatic nitrogens is 2. The molecular formula is C30H34N4O3. The number of hydroxylamine groups is 1. The fourth-order valence-corrected chi connectivity index (χ4v) is 5.46. The van der Waals surface area contributed by atoms with E-state index in [-0.39, 0.29) is 0 Å². The van der Waals surface area contributed by atoms with Gasteiger partial charge in [-0.1, -0.05) is 18.2 Å². The molecule has 1 aliphatic rings. The van der Waals surface area contributed by atoms with Gasteiger partial charge in [0, 0.05) is 59.8 Å². The van der Waals surface area contributed by atoms with Gasteiger partial charge in [0.1, 0.15) is 5.75 Å². The van der Waals surface area contributed by atoms with E-state index in [9.17, 15) is 4.79 Å². The third-order valence-corrected chi connectivity index (χ3v) is 7.54. The van der Waals surface area contributed by atoms with Crippen LogP contribution in [0, 0.1) is 13.8 Å². The van der Waals surface area contributed by atoms with Gasteiger partial charge in [-0.05, 0) is 85.2 Å². The van der Waals surface area contributed by atoms with E-state index in [2.05, 4.69) is 59.2 Å². The Balaban J connectivity index is 1.39. The molecule has 5 rings (SSSR count). The van der Waals surface area contributed by atoms with Crippen LogP contribution in [-0.2, 0) is 24.2 Å². The first-order valence-electron chi connectivity index (χ1n) is 12.7. The second-order valence-corrected chi connectivity index (χ2v) is 9.87. The molecular weight excluding hydrogens is 464 g/mol. The molecule has 4 aromatic rings. The number of hydrogen-bond donors (Lipinski definition) is 4. The topological polar surface area (TPSA) is 93.4 Å². The number of nitrogens with zero attached hydrogens (tertiary/aromatic N) is 1. The lowest BCUT2D eigenvalue weighted by Crippen LogP contribution is -2.29. The zero-order valence-electron chi connectivity index (χ0n) is 21.6. The SMILES string of the molecule is COc1ccc2c(CCN(Cc3cc(C)c(C)[nH]3)C3CCc4cc(C=CC(=O)NO)ccc43)c[nH]c2c1. The van der Waals surface area contributed by atoms with Gasteiger partial charge in [-0.2, -0.15) is 0 Å². The second-order valence-electron chi connectivity index (χ2n) is 9.87. The average Bonchev–Trinajstić information content (AvgIpc) is 3.60. The number of amides is 1. The fraction of sp³-hybridized carbons (Fsp3) is 0.300. The second kappa shape index (κ2) is 10.7. The Labute approximate surface area is 217 Å². The molecule has 192 valence electrons. The molecule has 0 spiro atoms. The molecule has 7 nitrogen and oxygen atoms in total. The van der Waals surface area contributed by atoms with E-state index in [1.807, 2.05) is 18.2 Å². The lowest BCUT2D eigenvalue weighted by molar-refractivity contribution is -0.124. The number of aryl methyl sites for hydroxylation is 3. The molecule has 0 radical (unpaired) electrons. The van der Waals surface area contributed by atoms with Crippen LogP contribution in [0.5, 0.6) is 5.75 Å². The van der Waals surface area contributed by atoms with Gasteiger partial charge in [0.25, 0.3) is 5.91 Å². The molecule has 0 saturated heterocycles. The van der Waals surface area contributed by atoms with E-state index in [0.29, 0.717) is 6.04 Å². The fourth-order valence-electron chi connectivity index (χ4n) is 5.46. The van der Waals surface area contributed by atoms with E-state index < -0.39 is 5.91 Å². The van der Waals surface area contributed by atoms with E-state index in [1.54, 1.807) is 18.7 Å². The molecule has 0 bridgehead atoms. The molecule has 7 heteroatoms. The summed E-state index contributed by atoms with van der Waals surface area (Å²) < 4.78 is 5.38. The van der Waals surface area contributed by atoms with E-state index in [1.165, 1.54) is 45.1 Å². The number of carbonyl (C=O) groups excluding carboxylic acids is 1. The summed E-state index contributed by atoms with van der Waals surface area (Å²) in [6.45, 7) is 6.06. The van der Waals surface area contributed by atoms with Crippen LogP contribution >= 0.6 is 0 Å². The predicted octanol–water partition coefficient (Wildman–Crippen LogP) is 5.37. The van der Waals surface area contributed by atoms with Gasteiger partial charge in [-0.15, -0.1) is 0 Å². The van der Waals surface area contributed by atoms with Crippen LogP contribution in [0.3, 0.4) is 0 Å². The molecule has 37 heavy (non-hydrogen) atoms. The molecule has 1 aliphatic carbocycles. The van der Waals surface area contributed by atoms with Crippen molar-refractivity contribution in [1.29, 1.82) is 0 Å². The van der Waals surface area contributed by atoms with Crippen LogP contribution in [0.25, 0.3) is 17.0 Å². The summed E-state index contributed by atoms with van der Waals surface area (Å²) in [5.74, 6) is 0.325. The summed E-state index contributed by atoms with van der Waals surface area (Å²) in [6.07, 6.45) is 8.19. The first-order chi connectivity index (χ1) is 17.9. The summed E-state index contributed by atoms with van der Waals surface area (Å²) in [5.41, 5.74) is 11.4. The van der Waals surface area contributed by atoms with E-state index in [0.717, 1.165) is 49.2 Å². The van der Waals surface area contributed by atoms with Crippen molar-refractivity contribution >= 4 is 22.9 Å². The molecule has 4 N–H and O–H groups in total. The maximum absolute atomic E-state index is 11.4. The van der Waals surface area contributed by atoms with Gasteiger partial charge < -0.3 is 14.7 Å². The highest BCUT2D eigenvalue weighted by Gasteiger charge is 2.28. The molecule has 0 aliphatic heterocycles. The molecule has 2 heterocycles. The van der Waals surface area contributed by atoms with Crippen LogP contribution in [0.2, 0.25) is 0 Å². The third kappa shape index (κ3) is 5.33. The van der Waals surface area contributed by atoms with Gasteiger partial charge in [0.05, 0.1) is 7.11 Å². The van der Waals surface area contributed by atoms with Crippen LogP contribution in [0.4, 0.5) is 0 Å². The number of benzene rings is 2. The standard InChI is InChI=1S/C30H34N4O3/c1-19-14-24(32-20(19)2)18-34(13-12-23-17-31-28-16-25(37-3)7-9-26(23)28)29-10-6-22-15-21(4-8-27(22)29)5-11-30(35)33-36/h4-5,7-9,11,14-17,29,31-32,36H,6,10,12-13,18H2,1-3H3,(H,33,35). The van der Waals surface area contributed by atoms with Crippen molar-refractivity contribution in [2.75, 3.05) is 13.7 Å². The number of carbonyl (C=O) groups is 1. The van der Waals surface area contributed by atoms with Crippen molar-refractivity contribution in [3.8, 4) is 5.75 Å². The highest BCUT2D eigenvalue weighted by molar-refractivity contribution is 5.90. The van der Waals surface area contributed by atoms with Crippen LogP contribution in [0.1, 0.15) is 51.7 Å². The third-order valence-electron chi connectivity index (χ3n) is 7.54. The lowest BCUT2D eigenvalue weighted by atomic mass is 10.0. The zero-order valence-corrected chi connectivity index (χ0v) is 21.6. The van der Waals surface area contributed by atoms with Crippen molar-refractivity contribution < 1.29 is 14.7 Å². The van der Waals surface area contributed by atoms with E-state index in [4.69, 9.17) is 9.94 Å². The summed E-state index contributed by atoms with van der Waals surface area (Å²) in [5, 5.41) is 9.98. The Morgan fingerprint density at radius 3 is 2.84 bits per heavy atom. The number of ether oxygens (including phenoxy) is 1. The van der Waals surface area contributed by atoms with Crippen LogP contribution < -0.4 is 10.2 Å². The van der Waals surface area contributed by atoms with Crippen molar-refractivity contribution in [2.24, 2.45) is 0 Å². The van der Waals surface area contributed by atoms with Gasteiger partial charge in [0.2, 0.25) is 0 Å². The summed E-state index contributed by atoms with van der Waals surface area (Å²) in [4.78, 5) is 20.9. The Morgan fingerprint density at radius 2 is 2.08 bits per heavy atom. The van der Waals surface area contributed by atoms with Gasteiger partial charge >= 0.3 is 0 Å². The molecule has 0 saturated carbocycles. The van der Waals surface area contributed by atoms with Crippen molar-refractivity contribution in [3.63, 3.8) is 0 Å². The minimum Gasteiger partial charge on any atom is -0.497 e. The Hall–Kier alpha value is -3.81. The number of H-pyrrole nitrogens is 2. The number of rotatable bonds is 9. The van der Waals surface area contributed by atoms with E-state index >= 15 is 0 Å². The average molecular weight is 499 g/mol. The number of hydrogen-bond acceptors (Lipinski definition) is 4. The highest BCUT2D eigenvalue weighted by atomic mass is 16.5. The molecule has 2 aromatic heterocycles. The van der Waals surface area contributed by atoms with Gasteiger partial charge in [-0.25, -0.2) is 5.48 Å². The normalized spacial score (nSPS) is 15.1. The molecule has 1 amide bonds. The van der Waals surface area contributed by atoms with Crippen molar-refractivity contribution in [2.45, 2.75) is 45.7 Å². The lowest BCUT2D eigenvalue weighted by Gasteiger charge is -2.29. The van der Waals surface area contributed by atoms with Crippen molar-refractivity contribution in [3.05, 3.63) is 93.9 Å². The Kier molecular flexibility index (Phi) is 7.17. The minimum atomic E-state index is -0.531. The number of aromatic amines is 2. The first kappa shape index (κ1) is 24.9. The van der Waals surface area contributed by atoms with Gasteiger partial charge in [-0.3, -0.25) is 14.9 Å².